The number of carbonyl (C=O) groups excluding carboxylic acids is 2. The number of hydrogen-bond acceptors (Lipinski definition) is 5. The Balaban J connectivity index is 2.38. The highest BCUT2D eigenvalue weighted by atomic mass is 80.0. The number of rotatable bonds is 6. The van der Waals surface area contributed by atoms with Crippen LogP contribution in [0.5, 0.6) is 0 Å². The molecule has 2 unspecified atom stereocenters. The number of halogens is 3. The van der Waals surface area contributed by atoms with Gasteiger partial charge in [-0.1, -0.05) is 67.2 Å². The molecule has 0 amide bonds. The molecule has 1 aliphatic carbocycles. The van der Waals surface area contributed by atoms with E-state index in [1.54, 1.807) is 0 Å². The van der Waals surface area contributed by atoms with E-state index < -0.39 is 31.9 Å². The second-order valence-corrected chi connectivity index (χ2v) is 11.9. The van der Waals surface area contributed by atoms with Gasteiger partial charge in [-0.2, -0.15) is 0 Å². The highest BCUT2D eigenvalue weighted by Crippen LogP contribution is 2.40. The van der Waals surface area contributed by atoms with E-state index in [1.807, 2.05) is 0 Å². The molecule has 1 saturated carbocycles. The fourth-order valence-corrected chi connectivity index (χ4v) is 2.78. The summed E-state index contributed by atoms with van der Waals surface area (Å²) < 4.78 is 9.01. The number of aliphatic carboxylic acids is 1. The first kappa shape index (κ1) is 20.6. The average molecular weight is 521 g/mol. The van der Waals surface area contributed by atoms with Gasteiger partial charge in [-0.25, -0.2) is 4.79 Å². The lowest BCUT2D eigenvalue weighted by molar-refractivity contribution is -0.161. The average Bonchev–Trinajstić information content (AvgIpc) is 2.49. The topological polar surface area (TPSA) is 89.9 Å². The highest BCUT2D eigenvalue weighted by Gasteiger charge is 2.36. The monoisotopic (exact) mass is 518 g/mol. The van der Waals surface area contributed by atoms with Gasteiger partial charge in [0, 0.05) is 0 Å². The van der Waals surface area contributed by atoms with Crippen molar-refractivity contribution in [3.05, 3.63) is 12.2 Å². The summed E-state index contributed by atoms with van der Waals surface area (Å²) in [6.07, 6.45) is 2.59. The highest BCUT2D eigenvalue weighted by molar-refractivity contribution is 9.39. The largest absolute Gasteiger partial charge is 0.481 e. The molecule has 0 aromatic rings. The van der Waals surface area contributed by atoms with Crippen LogP contribution in [0.4, 0.5) is 0 Å². The molecular formula is C14H17Br3O6. The molecule has 1 fully saturated rings. The minimum atomic E-state index is -0.974. The molecule has 23 heavy (non-hydrogen) atoms. The van der Waals surface area contributed by atoms with Gasteiger partial charge in [-0.3, -0.25) is 9.59 Å². The summed E-state index contributed by atoms with van der Waals surface area (Å²) in [5.74, 6) is -3.52. The molecule has 0 aromatic carbocycles. The summed E-state index contributed by atoms with van der Waals surface area (Å²) in [5, 5.41) is 9.14. The summed E-state index contributed by atoms with van der Waals surface area (Å²) in [7, 11) is 0. The third-order valence-corrected chi connectivity index (χ3v) is 4.97. The predicted molar refractivity (Wildman–Crippen MR) is 93.7 cm³/mol. The van der Waals surface area contributed by atoms with Crippen molar-refractivity contribution in [2.24, 2.45) is 11.8 Å². The van der Waals surface area contributed by atoms with Crippen LogP contribution >= 0.6 is 47.8 Å². The van der Waals surface area contributed by atoms with E-state index in [2.05, 4.69) is 54.4 Å². The fraction of sp³-hybridized carbons (Fsp3) is 0.643. The molecule has 1 N–H and O–H groups in total. The Labute approximate surface area is 159 Å². The quantitative estimate of drug-likeness (QED) is 0.250. The van der Waals surface area contributed by atoms with Crippen molar-refractivity contribution in [2.45, 2.75) is 27.8 Å². The molecule has 0 bridgehead atoms. The van der Waals surface area contributed by atoms with E-state index in [0.717, 1.165) is 12.8 Å². The normalized spacial score (nSPS) is 21.3. The fourth-order valence-electron chi connectivity index (χ4n) is 2.30. The van der Waals surface area contributed by atoms with Gasteiger partial charge in [0.05, 0.1) is 17.4 Å². The smallest absolute Gasteiger partial charge is 0.336 e. The Bertz CT molecular complexity index is 485. The maximum absolute atomic E-state index is 12.0. The molecule has 0 saturated heterocycles. The van der Waals surface area contributed by atoms with Gasteiger partial charge < -0.3 is 14.6 Å². The molecule has 9 heteroatoms. The number of ether oxygens (including phenoxy) is 2. The summed E-state index contributed by atoms with van der Waals surface area (Å²) in [6.45, 7) is 3.30. The number of carbonyl (C=O) groups is 3. The van der Waals surface area contributed by atoms with Crippen LogP contribution in [0.1, 0.15) is 25.7 Å². The number of alkyl halides is 3. The summed E-state index contributed by atoms with van der Waals surface area (Å²) in [6, 6.07) is 0. The maximum Gasteiger partial charge on any atom is 0.336 e. The predicted octanol–water partition coefficient (Wildman–Crippen LogP) is 3.36. The lowest BCUT2D eigenvalue weighted by Crippen LogP contribution is -2.34. The molecule has 0 aromatic heterocycles. The number of hydrogen-bond donors (Lipinski definition) is 1. The second-order valence-electron chi connectivity index (χ2n) is 5.12. The summed E-state index contributed by atoms with van der Waals surface area (Å²) in [4.78, 5) is 34.8. The van der Waals surface area contributed by atoms with Crippen molar-refractivity contribution < 1.29 is 29.0 Å². The SMILES string of the molecule is C=C(C(=O)OCCOC(=O)C1CCCCC1C(=O)O)C(Br)(Br)Br. The Hall–Kier alpha value is -0.410. The Morgan fingerprint density at radius 3 is 2.09 bits per heavy atom. The molecule has 0 heterocycles. The van der Waals surface area contributed by atoms with Gasteiger partial charge in [0.25, 0.3) is 0 Å². The molecular weight excluding hydrogens is 504 g/mol. The van der Waals surface area contributed by atoms with E-state index in [9.17, 15) is 14.4 Å². The number of carboxylic acids is 1. The molecule has 1 aliphatic rings. The van der Waals surface area contributed by atoms with Crippen molar-refractivity contribution in [1.29, 1.82) is 0 Å². The van der Waals surface area contributed by atoms with Gasteiger partial charge in [0.1, 0.15) is 13.2 Å². The molecule has 130 valence electrons. The van der Waals surface area contributed by atoms with E-state index >= 15 is 0 Å². The van der Waals surface area contributed by atoms with Crippen LogP contribution < -0.4 is 0 Å². The van der Waals surface area contributed by atoms with Crippen LogP contribution in [-0.2, 0) is 23.9 Å². The Morgan fingerprint density at radius 1 is 1.04 bits per heavy atom. The molecule has 2 atom stereocenters. The van der Waals surface area contributed by atoms with Crippen molar-refractivity contribution in [1.82, 2.24) is 0 Å². The summed E-state index contributed by atoms with van der Waals surface area (Å²) in [5.41, 5.74) is 0.0991. The lowest BCUT2D eigenvalue weighted by atomic mass is 9.79. The molecule has 1 rings (SSSR count). The van der Waals surface area contributed by atoms with Crippen molar-refractivity contribution in [3.63, 3.8) is 0 Å². The van der Waals surface area contributed by atoms with Crippen LogP contribution in [0.25, 0.3) is 0 Å². The van der Waals surface area contributed by atoms with Gasteiger partial charge in [-0.15, -0.1) is 0 Å². The first-order valence-corrected chi connectivity index (χ1v) is 9.35. The standard InChI is InChI=1S/C14H17Br3O6/c1-8(14(15,16)17)12(20)22-6-7-23-13(21)10-5-3-2-4-9(10)11(18)19/h9-10H,1-7H2,(H,18,19). The minimum Gasteiger partial charge on any atom is -0.481 e. The first-order valence-electron chi connectivity index (χ1n) is 6.97. The first-order chi connectivity index (χ1) is 10.6. The molecule has 0 spiro atoms. The number of carboxylic acid groups (broad SMARTS) is 1. The van der Waals surface area contributed by atoms with Crippen LogP contribution in [0.2, 0.25) is 0 Å². The minimum absolute atomic E-state index is 0.0991. The zero-order valence-corrected chi connectivity index (χ0v) is 17.0. The van der Waals surface area contributed by atoms with E-state index in [4.69, 9.17) is 14.6 Å². The van der Waals surface area contributed by atoms with Crippen LogP contribution in [0, 0.1) is 11.8 Å². The van der Waals surface area contributed by atoms with E-state index in [-0.39, 0.29) is 18.8 Å². The van der Waals surface area contributed by atoms with Crippen LogP contribution in [0.3, 0.4) is 0 Å². The van der Waals surface area contributed by atoms with Crippen molar-refractivity contribution >= 4 is 65.7 Å². The number of esters is 2. The zero-order chi connectivity index (χ0) is 17.6. The van der Waals surface area contributed by atoms with Crippen molar-refractivity contribution in [2.75, 3.05) is 13.2 Å². The van der Waals surface area contributed by atoms with Gasteiger partial charge in [0.2, 0.25) is 0 Å². The van der Waals surface area contributed by atoms with Gasteiger partial charge in [-0.05, 0) is 12.8 Å². The molecule has 6 nitrogen and oxygen atoms in total. The molecule has 0 aliphatic heterocycles. The summed E-state index contributed by atoms with van der Waals surface area (Å²) >= 11 is 9.42. The van der Waals surface area contributed by atoms with Gasteiger partial charge >= 0.3 is 17.9 Å². The van der Waals surface area contributed by atoms with Gasteiger partial charge in [0.15, 0.2) is 2.14 Å². The molecule has 0 radical (unpaired) electrons. The Morgan fingerprint density at radius 2 is 1.57 bits per heavy atom. The third-order valence-electron chi connectivity index (χ3n) is 3.54. The van der Waals surface area contributed by atoms with E-state index in [1.165, 1.54) is 0 Å². The Kier molecular flexibility index (Phi) is 8.23. The van der Waals surface area contributed by atoms with Crippen LogP contribution in [0.15, 0.2) is 12.2 Å². The maximum atomic E-state index is 12.0. The third kappa shape index (κ3) is 6.54. The second kappa shape index (κ2) is 9.17. The zero-order valence-electron chi connectivity index (χ0n) is 12.2. The van der Waals surface area contributed by atoms with E-state index in [0.29, 0.717) is 12.8 Å². The van der Waals surface area contributed by atoms with Crippen molar-refractivity contribution in [3.8, 4) is 0 Å². The van der Waals surface area contributed by atoms with Crippen LogP contribution in [-0.4, -0.2) is 38.4 Å². The lowest BCUT2D eigenvalue weighted by Gasteiger charge is -2.26.